The average molecular weight is 582 g/mol. The third-order valence-corrected chi connectivity index (χ3v) is 5.95. The molecule has 0 atom stereocenters. The van der Waals surface area contributed by atoms with Gasteiger partial charge in [0.05, 0.1) is 22.5 Å². The number of carboxylic acids is 2. The number of nitrogens with zero attached hydrogens (tertiary/aromatic N) is 2. The number of aromatic carboxylic acids is 2. The van der Waals surface area contributed by atoms with E-state index in [1.165, 1.54) is 18.2 Å². The van der Waals surface area contributed by atoms with Crippen molar-refractivity contribution in [3.63, 3.8) is 0 Å². The van der Waals surface area contributed by atoms with Crippen LogP contribution in [0.25, 0.3) is 0 Å². The van der Waals surface area contributed by atoms with E-state index in [0.29, 0.717) is 0 Å². The molecule has 42 heavy (non-hydrogen) atoms. The monoisotopic (exact) mass is 581 g/mol. The molecule has 3 rings (SSSR count). The van der Waals surface area contributed by atoms with Gasteiger partial charge in [-0.25, -0.2) is 29.7 Å². The quantitative estimate of drug-likeness (QED) is 0.0723. The highest BCUT2D eigenvalue weighted by atomic mass is 19.1. The number of aryl methyl sites for hydroxylation is 2. The number of hydrogen-bond acceptors (Lipinski definition) is 8. The van der Waals surface area contributed by atoms with Gasteiger partial charge in [0.2, 0.25) is 0 Å². The van der Waals surface area contributed by atoms with Gasteiger partial charge in [-0.2, -0.15) is 0 Å². The summed E-state index contributed by atoms with van der Waals surface area (Å²) in [6.45, 7) is 6.89. The van der Waals surface area contributed by atoms with Gasteiger partial charge in [-0.15, -0.1) is 9.89 Å². The van der Waals surface area contributed by atoms with Crippen LogP contribution in [-0.2, 0) is 17.6 Å². The molecular weight excluding hydrogens is 556 g/mol. The van der Waals surface area contributed by atoms with Gasteiger partial charge in [-0.1, -0.05) is 19.2 Å². The summed E-state index contributed by atoms with van der Waals surface area (Å²) in [4.78, 5) is 49.0. The Bertz CT molecular complexity index is 1690. The van der Waals surface area contributed by atoms with Crippen molar-refractivity contribution < 1.29 is 38.2 Å². The molecule has 8 N–H and O–H groups in total. The van der Waals surface area contributed by atoms with Gasteiger partial charge in [0.25, 0.3) is 11.8 Å². The second-order valence-corrected chi connectivity index (χ2v) is 8.72. The van der Waals surface area contributed by atoms with E-state index in [9.17, 15) is 38.2 Å². The third-order valence-electron chi connectivity index (χ3n) is 5.95. The van der Waals surface area contributed by atoms with E-state index in [4.69, 9.17) is 11.3 Å². The molecular formula is C27H25F2N7O6. The van der Waals surface area contributed by atoms with Crippen molar-refractivity contribution in [1.82, 2.24) is 9.89 Å². The van der Waals surface area contributed by atoms with E-state index >= 15 is 0 Å². The molecule has 0 fully saturated rings. The standard InChI is InChI=1S/C27H25F2N7O6/c1-3-13(2)24(37)32-21-9-14(18(28)11-16(21)26(39)40)5-4-6-15-10-22(17(27(41)42)12-19(15)29)33-25(38)20-7-8-23(30)36(34-20)35-31/h3,7-12,30,35H,1-2,4-6,31H2,(H,32,37)(H,33,38)(H,39,40)(H,41,42). The van der Waals surface area contributed by atoms with Crippen LogP contribution in [0.15, 0.2) is 61.2 Å². The van der Waals surface area contributed by atoms with Crippen LogP contribution in [0.2, 0.25) is 0 Å². The number of nitrogen functional groups attached to an aromatic ring is 1. The molecule has 0 saturated carbocycles. The smallest absolute Gasteiger partial charge is 0.337 e. The number of nitrogens with one attached hydrogen (secondary N) is 4. The van der Waals surface area contributed by atoms with Crippen molar-refractivity contribution in [3.05, 3.63) is 106 Å². The lowest BCUT2D eigenvalue weighted by atomic mass is 9.99. The number of hydrogen-bond donors (Lipinski definition) is 7. The highest BCUT2D eigenvalue weighted by Crippen LogP contribution is 2.26. The molecule has 1 heterocycles. The zero-order chi connectivity index (χ0) is 31.1. The van der Waals surface area contributed by atoms with Crippen LogP contribution in [0.4, 0.5) is 20.2 Å². The van der Waals surface area contributed by atoms with E-state index in [-0.39, 0.29) is 58.5 Å². The molecule has 2 aromatic carbocycles. The molecule has 0 unspecified atom stereocenters. The van der Waals surface area contributed by atoms with E-state index in [1.807, 2.05) is 0 Å². The van der Waals surface area contributed by atoms with Crippen LogP contribution in [0.1, 0.15) is 48.8 Å². The summed E-state index contributed by atoms with van der Waals surface area (Å²) in [6.07, 6.45) is 1.22. The summed E-state index contributed by atoms with van der Waals surface area (Å²) in [5.41, 5.74) is 0.227. The number of hydrazine groups is 1. The first-order chi connectivity index (χ1) is 19.9. The Balaban J connectivity index is 1.84. The van der Waals surface area contributed by atoms with Crippen molar-refractivity contribution >= 4 is 35.1 Å². The average Bonchev–Trinajstić information content (AvgIpc) is 2.95. The number of aromatic nitrogens is 2. The summed E-state index contributed by atoms with van der Waals surface area (Å²) < 4.78 is 29.5. The normalized spacial score (nSPS) is 10.5. The second kappa shape index (κ2) is 13.1. The number of carbonyl (C=O) groups excluding carboxylic acids is 2. The van der Waals surface area contributed by atoms with Crippen molar-refractivity contribution in [2.45, 2.75) is 19.3 Å². The Morgan fingerprint density at radius 3 is 1.95 bits per heavy atom. The van der Waals surface area contributed by atoms with Crippen LogP contribution in [-0.4, -0.2) is 43.9 Å². The van der Waals surface area contributed by atoms with Crippen molar-refractivity contribution in [3.8, 4) is 0 Å². The summed E-state index contributed by atoms with van der Waals surface area (Å²) in [5, 5.41) is 35.1. The maximum atomic E-state index is 14.8. The fourth-order valence-electron chi connectivity index (χ4n) is 3.77. The molecule has 2 amide bonds. The lowest BCUT2D eigenvalue weighted by molar-refractivity contribution is -0.112. The van der Waals surface area contributed by atoms with Crippen LogP contribution in [0.5, 0.6) is 0 Å². The van der Waals surface area contributed by atoms with Gasteiger partial charge in [0.1, 0.15) is 11.6 Å². The van der Waals surface area contributed by atoms with Gasteiger partial charge < -0.3 is 20.8 Å². The molecule has 3 aromatic rings. The topological polar surface area (TPSA) is 213 Å². The molecule has 0 aliphatic carbocycles. The molecule has 0 aliphatic heterocycles. The van der Waals surface area contributed by atoms with Crippen molar-refractivity contribution in [2.75, 3.05) is 16.2 Å². The van der Waals surface area contributed by atoms with Crippen LogP contribution >= 0.6 is 0 Å². The number of carboxylic acid groups (broad SMARTS) is 2. The SMILES string of the molecule is C=CC(=C)C(=O)Nc1cc(CCCc2cc(NC(=O)c3ccc(=N)n(NN)n3)c(C(=O)O)cc2F)c(F)cc1C(=O)O. The summed E-state index contributed by atoms with van der Waals surface area (Å²) in [6, 6.07) is 6.18. The van der Waals surface area contributed by atoms with Crippen molar-refractivity contribution in [2.24, 2.45) is 5.84 Å². The first-order valence-electron chi connectivity index (χ1n) is 12.0. The molecule has 0 bridgehead atoms. The Labute approximate surface area is 236 Å². The predicted octanol–water partition coefficient (Wildman–Crippen LogP) is 2.56. The largest absolute Gasteiger partial charge is 0.478 e. The van der Waals surface area contributed by atoms with Gasteiger partial charge in [0, 0.05) is 5.57 Å². The zero-order valence-electron chi connectivity index (χ0n) is 21.8. The number of benzene rings is 2. The highest BCUT2D eigenvalue weighted by molar-refractivity contribution is 6.08. The van der Waals surface area contributed by atoms with Gasteiger partial charge in [-0.3, -0.25) is 15.0 Å². The molecule has 0 saturated heterocycles. The fourth-order valence-corrected chi connectivity index (χ4v) is 3.77. The zero-order valence-corrected chi connectivity index (χ0v) is 21.8. The Hall–Kier alpha value is -5.70. The Kier molecular flexibility index (Phi) is 9.62. The highest BCUT2D eigenvalue weighted by Gasteiger charge is 2.20. The van der Waals surface area contributed by atoms with E-state index < -0.39 is 46.5 Å². The number of anilines is 2. The first-order valence-corrected chi connectivity index (χ1v) is 12.0. The number of halogens is 2. The molecule has 0 aliphatic rings. The number of amides is 2. The molecule has 13 nitrogen and oxygen atoms in total. The van der Waals surface area contributed by atoms with Gasteiger partial charge >= 0.3 is 11.9 Å². The van der Waals surface area contributed by atoms with Crippen LogP contribution in [0, 0.1) is 17.0 Å². The van der Waals surface area contributed by atoms with E-state index in [0.717, 1.165) is 29.1 Å². The number of nitrogens with two attached hydrogens (primary N) is 1. The minimum Gasteiger partial charge on any atom is -0.478 e. The number of rotatable bonds is 12. The summed E-state index contributed by atoms with van der Waals surface area (Å²) in [5.74, 6) is -1.10. The fraction of sp³-hybridized carbons (Fsp3) is 0.111. The summed E-state index contributed by atoms with van der Waals surface area (Å²) >= 11 is 0. The van der Waals surface area contributed by atoms with E-state index in [1.54, 1.807) is 0 Å². The number of carbonyl (C=O) groups is 4. The molecule has 0 spiro atoms. The predicted molar refractivity (Wildman–Crippen MR) is 146 cm³/mol. The minimum absolute atomic E-state index is 0.00169. The van der Waals surface area contributed by atoms with Gasteiger partial charge in [-0.05, 0) is 66.8 Å². The van der Waals surface area contributed by atoms with Crippen molar-refractivity contribution in [1.29, 1.82) is 5.41 Å². The van der Waals surface area contributed by atoms with E-state index in [2.05, 4.69) is 34.4 Å². The second-order valence-electron chi connectivity index (χ2n) is 8.72. The molecule has 0 radical (unpaired) electrons. The van der Waals surface area contributed by atoms with Crippen LogP contribution in [0.3, 0.4) is 0 Å². The van der Waals surface area contributed by atoms with Gasteiger partial charge in [0.15, 0.2) is 11.2 Å². The maximum absolute atomic E-state index is 14.8. The lowest BCUT2D eigenvalue weighted by Crippen LogP contribution is -2.36. The Morgan fingerprint density at radius 2 is 1.48 bits per heavy atom. The molecule has 15 heteroatoms. The first kappa shape index (κ1) is 30.8. The third kappa shape index (κ3) is 7.08. The maximum Gasteiger partial charge on any atom is 0.337 e. The lowest BCUT2D eigenvalue weighted by Gasteiger charge is -2.14. The molecule has 218 valence electrons. The Morgan fingerprint density at radius 1 is 0.952 bits per heavy atom. The summed E-state index contributed by atoms with van der Waals surface area (Å²) in [7, 11) is 0. The molecule has 1 aromatic heterocycles. The van der Waals surface area contributed by atoms with Crippen LogP contribution < -0.4 is 27.5 Å². The minimum atomic E-state index is -1.52.